The van der Waals surface area contributed by atoms with Gasteiger partial charge in [-0.3, -0.25) is 9.69 Å². The molecule has 0 bridgehead atoms. The first kappa shape index (κ1) is 15.7. The van der Waals surface area contributed by atoms with Gasteiger partial charge in [-0.15, -0.1) is 0 Å². The lowest BCUT2D eigenvalue weighted by Crippen LogP contribution is -2.41. The summed E-state index contributed by atoms with van der Waals surface area (Å²) in [7, 11) is 2.00. The number of aliphatic hydroxyl groups is 1. The summed E-state index contributed by atoms with van der Waals surface area (Å²) in [6.07, 6.45) is 1.95. The minimum absolute atomic E-state index is 0.0463. The number of carbonyl (C=O) groups is 1. The maximum atomic E-state index is 13.2. The molecule has 0 unspecified atom stereocenters. The molecule has 2 saturated heterocycles. The predicted molar refractivity (Wildman–Crippen MR) is 94.2 cm³/mol. The van der Waals surface area contributed by atoms with Gasteiger partial charge in [0.1, 0.15) is 0 Å². The van der Waals surface area contributed by atoms with E-state index in [1.165, 1.54) is 12.8 Å². The van der Waals surface area contributed by atoms with E-state index in [0.29, 0.717) is 13.1 Å². The average Bonchev–Trinajstić information content (AvgIpc) is 3.28. The van der Waals surface area contributed by atoms with Crippen LogP contribution in [0.5, 0.6) is 0 Å². The zero-order chi connectivity index (χ0) is 16.8. The van der Waals surface area contributed by atoms with Crippen molar-refractivity contribution in [3.8, 4) is 0 Å². The van der Waals surface area contributed by atoms with Gasteiger partial charge in [0.25, 0.3) is 5.91 Å². The number of para-hydroxylation sites is 1. The molecular weight excluding hydrogens is 302 g/mol. The minimum Gasteiger partial charge on any atom is -0.390 e. The van der Waals surface area contributed by atoms with E-state index in [2.05, 4.69) is 9.47 Å². The number of fused-ring (bicyclic) bond motifs is 1. The Morgan fingerprint density at radius 2 is 1.88 bits per heavy atom. The van der Waals surface area contributed by atoms with Crippen molar-refractivity contribution in [1.82, 2.24) is 14.4 Å². The molecule has 3 heterocycles. The zero-order valence-corrected chi connectivity index (χ0v) is 14.4. The van der Waals surface area contributed by atoms with Crippen molar-refractivity contribution in [2.45, 2.75) is 31.9 Å². The van der Waals surface area contributed by atoms with Gasteiger partial charge < -0.3 is 14.6 Å². The Hall–Kier alpha value is -1.85. The van der Waals surface area contributed by atoms with Gasteiger partial charge in [0.2, 0.25) is 0 Å². The lowest BCUT2D eigenvalue weighted by atomic mass is 10.1. The quantitative estimate of drug-likeness (QED) is 0.914. The first-order valence-corrected chi connectivity index (χ1v) is 8.83. The standard InChI is InChI=1S/C19H25N3O2/c1-13-18(14-7-3-4-8-15(14)20(13)2)19(24)22-11-16(17(23)12-22)21-9-5-6-10-21/h3-4,7-8,16-17,23H,5-6,9-12H2,1-2H3/t16-,17-/m1/s1. The van der Waals surface area contributed by atoms with E-state index in [4.69, 9.17) is 0 Å². The molecule has 5 nitrogen and oxygen atoms in total. The summed E-state index contributed by atoms with van der Waals surface area (Å²) in [6, 6.07) is 8.13. The average molecular weight is 327 g/mol. The van der Waals surface area contributed by atoms with Crippen LogP contribution in [0, 0.1) is 6.92 Å². The maximum Gasteiger partial charge on any atom is 0.256 e. The van der Waals surface area contributed by atoms with Crippen molar-refractivity contribution in [3.05, 3.63) is 35.5 Å². The Morgan fingerprint density at radius 3 is 2.62 bits per heavy atom. The summed E-state index contributed by atoms with van der Waals surface area (Å²) in [5, 5.41) is 11.5. The number of nitrogens with zero attached hydrogens (tertiary/aromatic N) is 3. The highest BCUT2D eigenvalue weighted by Crippen LogP contribution is 2.28. The molecular formula is C19H25N3O2. The van der Waals surface area contributed by atoms with Crippen LogP contribution in [0.3, 0.4) is 0 Å². The largest absolute Gasteiger partial charge is 0.390 e. The second-order valence-corrected chi connectivity index (χ2v) is 7.12. The highest BCUT2D eigenvalue weighted by Gasteiger charge is 2.39. The summed E-state index contributed by atoms with van der Waals surface area (Å²) < 4.78 is 2.08. The molecule has 2 aromatic rings. The van der Waals surface area contributed by atoms with Gasteiger partial charge in [0, 0.05) is 36.7 Å². The number of amides is 1. The summed E-state index contributed by atoms with van der Waals surface area (Å²) in [5.74, 6) is 0.0463. The fourth-order valence-electron chi connectivity index (χ4n) is 4.32. The molecule has 0 radical (unpaired) electrons. The van der Waals surface area contributed by atoms with Crippen LogP contribution < -0.4 is 0 Å². The predicted octanol–water partition coefficient (Wildman–Crippen LogP) is 1.77. The monoisotopic (exact) mass is 327 g/mol. The second kappa shape index (κ2) is 5.90. The number of aromatic nitrogens is 1. The first-order chi connectivity index (χ1) is 11.6. The number of β-amino-alcohol motifs (C(OH)–C–C–N with tert-alkyl or cyclic N) is 1. The topological polar surface area (TPSA) is 48.7 Å². The van der Waals surface area contributed by atoms with Gasteiger partial charge >= 0.3 is 0 Å². The molecule has 0 saturated carbocycles. The van der Waals surface area contributed by atoms with Gasteiger partial charge in [0.15, 0.2) is 0 Å². The number of aliphatic hydroxyl groups excluding tert-OH is 1. The van der Waals surface area contributed by atoms with Crippen molar-refractivity contribution in [2.75, 3.05) is 26.2 Å². The van der Waals surface area contributed by atoms with E-state index < -0.39 is 6.10 Å². The van der Waals surface area contributed by atoms with Gasteiger partial charge in [-0.1, -0.05) is 18.2 Å². The van der Waals surface area contributed by atoms with E-state index in [9.17, 15) is 9.90 Å². The molecule has 1 aromatic heterocycles. The van der Waals surface area contributed by atoms with E-state index in [0.717, 1.165) is 35.2 Å². The number of rotatable bonds is 2. The Balaban J connectivity index is 1.64. The molecule has 1 N–H and O–H groups in total. The van der Waals surface area contributed by atoms with E-state index >= 15 is 0 Å². The third-order valence-corrected chi connectivity index (χ3v) is 5.77. The highest BCUT2D eigenvalue weighted by molar-refractivity contribution is 6.08. The SMILES string of the molecule is Cc1c(C(=O)N2C[C@@H](O)[C@H](N3CCCC3)C2)c2ccccc2n1C. The fraction of sp³-hybridized carbons (Fsp3) is 0.526. The van der Waals surface area contributed by atoms with Crippen LogP contribution in [0.15, 0.2) is 24.3 Å². The summed E-state index contributed by atoms with van der Waals surface area (Å²) in [5.41, 5.74) is 2.84. The first-order valence-electron chi connectivity index (χ1n) is 8.83. The molecule has 1 aromatic carbocycles. The molecule has 2 atom stereocenters. The smallest absolute Gasteiger partial charge is 0.256 e. The normalized spacial score (nSPS) is 25.0. The van der Waals surface area contributed by atoms with Crippen LogP contribution in [0.2, 0.25) is 0 Å². The van der Waals surface area contributed by atoms with Gasteiger partial charge in [0.05, 0.1) is 17.7 Å². The van der Waals surface area contributed by atoms with Crippen molar-refractivity contribution >= 4 is 16.8 Å². The fourth-order valence-corrected chi connectivity index (χ4v) is 4.32. The van der Waals surface area contributed by atoms with Crippen molar-refractivity contribution in [3.63, 3.8) is 0 Å². The van der Waals surface area contributed by atoms with Crippen molar-refractivity contribution < 1.29 is 9.90 Å². The molecule has 2 fully saturated rings. The number of aryl methyl sites for hydroxylation is 1. The van der Waals surface area contributed by atoms with Gasteiger partial charge in [-0.25, -0.2) is 0 Å². The number of benzene rings is 1. The Labute approximate surface area is 142 Å². The van der Waals surface area contributed by atoms with Gasteiger partial charge in [-0.05, 0) is 38.9 Å². The maximum absolute atomic E-state index is 13.2. The number of likely N-dealkylation sites (tertiary alicyclic amines) is 2. The zero-order valence-electron chi connectivity index (χ0n) is 14.4. The molecule has 0 spiro atoms. The number of hydrogen-bond acceptors (Lipinski definition) is 3. The van der Waals surface area contributed by atoms with Crippen LogP contribution in [0.1, 0.15) is 28.9 Å². The molecule has 5 heteroatoms. The molecule has 4 rings (SSSR count). The van der Waals surface area contributed by atoms with Crippen LogP contribution in [0.25, 0.3) is 10.9 Å². The second-order valence-electron chi connectivity index (χ2n) is 7.12. The van der Waals surface area contributed by atoms with Crippen LogP contribution in [-0.4, -0.2) is 63.7 Å². The Morgan fingerprint density at radius 1 is 1.17 bits per heavy atom. The molecule has 1 amide bonds. The summed E-state index contributed by atoms with van der Waals surface area (Å²) in [4.78, 5) is 17.4. The highest BCUT2D eigenvalue weighted by atomic mass is 16.3. The Bertz CT molecular complexity index is 776. The summed E-state index contributed by atoms with van der Waals surface area (Å²) in [6.45, 7) is 5.14. The van der Waals surface area contributed by atoms with Crippen LogP contribution in [-0.2, 0) is 7.05 Å². The third-order valence-electron chi connectivity index (χ3n) is 5.77. The lowest BCUT2D eigenvalue weighted by Gasteiger charge is -2.25. The molecule has 128 valence electrons. The summed E-state index contributed by atoms with van der Waals surface area (Å²) >= 11 is 0. The van der Waals surface area contributed by atoms with E-state index in [-0.39, 0.29) is 11.9 Å². The molecule has 0 aliphatic carbocycles. The van der Waals surface area contributed by atoms with Crippen molar-refractivity contribution in [1.29, 1.82) is 0 Å². The van der Waals surface area contributed by atoms with E-state index in [1.807, 2.05) is 43.1 Å². The van der Waals surface area contributed by atoms with Gasteiger partial charge in [-0.2, -0.15) is 0 Å². The number of hydrogen-bond donors (Lipinski definition) is 1. The molecule has 24 heavy (non-hydrogen) atoms. The lowest BCUT2D eigenvalue weighted by molar-refractivity contribution is 0.0764. The van der Waals surface area contributed by atoms with Crippen molar-refractivity contribution in [2.24, 2.45) is 7.05 Å². The Kier molecular flexibility index (Phi) is 3.85. The van der Waals surface area contributed by atoms with Crippen LogP contribution >= 0.6 is 0 Å². The number of carbonyl (C=O) groups excluding carboxylic acids is 1. The molecule has 2 aliphatic rings. The van der Waals surface area contributed by atoms with Crippen LogP contribution in [0.4, 0.5) is 0 Å². The van der Waals surface area contributed by atoms with E-state index in [1.54, 1.807) is 0 Å². The third kappa shape index (κ3) is 2.34. The minimum atomic E-state index is -0.442. The molecule has 2 aliphatic heterocycles.